The number of allylic oxidation sites excluding steroid dienone is 1. The molecule has 0 unspecified atom stereocenters. The van der Waals surface area contributed by atoms with Gasteiger partial charge in [0.05, 0.1) is 11.0 Å². The van der Waals surface area contributed by atoms with Gasteiger partial charge >= 0.3 is 6.85 Å². The van der Waals surface area contributed by atoms with Gasteiger partial charge in [-0.1, -0.05) is 123 Å². The smallest absolute Gasteiger partial charge is 0.333 e. The van der Waals surface area contributed by atoms with Crippen molar-refractivity contribution in [2.45, 2.75) is 19.3 Å². The minimum Gasteiger partial charge on any atom is -0.375 e. The van der Waals surface area contributed by atoms with E-state index in [-0.39, 0.29) is 12.3 Å². The highest BCUT2D eigenvalue weighted by Gasteiger charge is 2.52. The van der Waals surface area contributed by atoms with Crippen molar-refractivity contribution in [3.8, 4) is 16.8 Å². The number of fused-ring (bicyclic) bond motifs is 12. The third kappa shape index (κ3) is 3.27. The summed E-state index contributed by atoms with van der Waals surface area (Å²) >= 11 is 0. The van der Waals surface area contributed by atoms with Gasteiger partial charge < -0.3 is 13.9 Å². The average molecular weight is 650 g/mol. The van der Waals surface area contributed by atoms with Crippen LogP contribution < -0.4 is 10.4 Å². The molecule has 0 bridgehead atoms. The normalized spacial score (nSPS) is 15.3. The fourth-order valence-corrected chi connectivity index (χ4v) is 10.1. The fraction of sp³-hybridized carbons (Fsp3) is 0.0638. The zero-order valence-corrected chi connectivity index (χ0v) is 28.4. The predicted molar refractivity (Wildman–Crippen MR) is 215 cm³/mol. The molecular weight excluding hydrogens is 617 g/mol. The molecule has 0 atom stereocenters. The molecule has 12 rings (SSSR count). The predicted octanol–water partition coefficient (Wildman–Crippen LogP) is 11.0. The van der Waals surface area contributed by atoms with Crippen LogP contribution in [0.15, 0.2) is 163 Å². The number of benzene rings is 7. The highest BCUT2D eigenvalue weighted by Crippen LogP contribution is 2.57. The summed E-state index contributed by atoms with van der Waals surface area (Å²) < 4.78 is 5.22. The third-order valence-electron chi connectivity index (χ3n) is 12.0. The van der Waals surface area contributed by atoms with Crippen molar-refractivity contribution in [1.82, 2.24) is 9.05 Å². The molecule has 0 N–H and O–H groups in total. The maximum atomic E-state index is 2.72. The summed E-state index contributed by atoms with van der Waals surface area (Å²) in [6, 6.07) is 58.6. The molecule has 9 aromatic rings. The number of para-hydroxylation sites is 4. The van der Waals surface area contributed by atoms with Crippen molar-refractivity contribution in [3.63, 3.8) is 0 Å². The summed E-state index contributed by atoms with van der Waals surface area (Å²) in [5.74, 6) is 0. The Bertz CT molecular complexity index is 3000. The van der Waals surface area contributed by atoms with Gasteiger partial charge in [0.15, 0.2) is 0 Å². The minimum absolute atomic E-state index is 0.0102. The molecule has 0 amide bonds. The van der Waals surface area contributed by atoms with Crippen LogP contribution in [0.5, 0.6) is 0 Å². The van der Waals surface area contributed by atoms with Gasteiger partial charge in [-0.05, 0) is 76.2 Å². The van der Waals surface area contributed by atoms with Crippen molar-refractivity contribution in [2.75, 3.05) is 4.90 Å². The first kappa shape index (κ1) is 27.6. The van der Waals surface area contributed by atoms with Crippen LogP contribution >= 0.6 is 0 Å². The van der Waals surface area contributed by atoms with Gasteiger partial charge in [0.1, 0.15) is 0 Å². The number of rotatable bonds is 2. The van der Waals surface area contributed by atoms with Gasteiger partial charge in [0, 0.05) is 66.3 Å². The van der Waals surface area contributed by atoms with Crippen molar-refractivity contribution in [3.05, 3.63) is 175 Å². The highest BCUT2D eigenvalue weighted by molar-refractivity contribution is 6.93. The Hall–Kier alpha value is -6.26. The lowest BCUT2D eigenvalue weighted by Gasteiger charge is -2.43. The van der Waals surface area contributed by atoms with E-state index in [2.05, 4.69) is 186 Å². The van der Waals surface area contributed by atoms with Crippen LogP contribution in [0, 0.1) is 0 Å². The number of hydrogen-bond donors (Lipinski definition) is 0. The molecular formula is C47H32BN3. The number of anilines is 2. The standard InChI is InChI=1S/C47H32BN3/c1-47(2)37-24-12-9-21-33(37)43-46(47)50(30-18-7-4-8-19-30)40-27-15-23-32-36-28-35-31-20-10-13-25-38(31)49(29-16-5-3-6-17-29)44(35)41-34-22-11-14-26-39(34)51(45(36)41)48(43)42(32)40/h3-28H,1-2H3. The summed E-state index contributed by atoms with van der Waals surface area (Å²) in [5, 5.41) is 5.19. The molecule has 0 saturated carbocycles. The first-order chi connectivity index (χ1) is 25.1. The molecule has 2 aromatic heterocycles. The SMILES string of the molecule is CC1(C)C2=C(B3c4c(cccc4N2c2ccccc2)-c2cc4c5ccccc5n(-c5ccccc5)c4c4c5ccccc5n3c24)c2ccccc21. The summed E-state index contributed by atoms with van der Waals surface area (Å²) in [7, 11) is 0. The van der Waals surface area contributed by atoms with E-state index in [0.717, 1.165) is 0 Å². The second-order valence-electron chi connectivity index (χ2n) is 14.9. The fourth-order valence-electron chi connectivity index (χ4n) is 10.1. The molecule has 0 fully saturated rings. The van der Waals surface area contributed by atoms with Crippen molar-refractivity contribution < 1.29 is 0 Å². The van der Waals surface area contributed by atoms with Crippen LogP contribution in [0.3, 0.4) is 0 Å². The molecule has 0 radical (unpaired) electrons. The molecule has 4 heterocycles. The topological polar surface area (TPSA) is 13.1 Å². The molecule has 238 valence electrons. The third-order valence-corrected chi connectivity index (χ3v) is 12.0. The van der Waals surface area contributed by atoms with Crippen molar-refractivity contribution in [2.24, 2.45) is 0 Å². The minimum atomic E-state index is -0.207. The van der Waals surface area contributed by atoms with Crippen molar-refractivity contribution in [1.29, 1.82) is 0 Å². The zero-order valence-electron chi connectivity index (χ0n) is 28.4. The van der Waals surface area contributed by atoms with Gasteiger partial charge in [-0.3, -0.25) is 0 Å². The van der Waals surface area contributed by atoms with Crippen LogP contribution in [0.2, 0.25) is 0 Å². The van der Waals surface area contributed by atoms with Crippen LogP contribution in [-0.2, 0) is 5.41 Å². The van der Waals surface area contributed by atoms with Gasteiger partial charge in [-0.15, -0.1) is 0 Å². The Labute approximate surface area is 296 Å². The Morgan fingerprint density at radius 3 is 1.96 bits per heavy atom. The molecule has 3 aliphatic rings. The highest BCUT2D eigenvalue weighted by atomic mass is 15.2. The number of nitrogens with zero attached hydrogens (tertiary/aromatic N) is 3. The molecule has 1 aliphatic carbocycles. The lowest BCUT2D eigenvalue weighted by atomic mass is 9.43. The maximum Gasteiger partial charge on any atom is 0.333 e. The van der Waals surface area contributed by atoms with E-state index in [4.69, 9.17) is 0 Å². The quantitative estimate of drug-likeness (QED) is 0.170. The van der Waals surface area contributed by atoms with Gasteiger partial charge in [-0.2, -0.15) is 0 Å². The van der Waals surface area contributed by atoms with Gasteiger partial charge in [0.25, 0.3) is 0 Å². The second kappa shape index (κ2) is 9.50. The first-order valence-electron chi connectivity index (χ1n) is 18.0. The zero-order chi connectivity index (χ0) is 33.6. The first-order valence-corrected chi connectivity index (χ1v) is 18.0. The summed E-state index contributed by atoms with van der Waals surface area (Å²) in [4.78, 5) is 2.58. The van der Waals surface area contributed by atoms with E-state index in [0.29, 0.717) is 0 Å². The Balaban J connectivity index is 1.32. The summed E-state index contributed by atoms with van der Waals surface area (Å²) in [6.07, 6.45) is 0. The van der Waals surface area contributed by atoms with E-state index in [1.54, 1.807) is 0 Å². The number of aromatic nitrogens is 2. The molecule has 3 nitrogen and oxygen atoms in total. The van der Waals surface area contributed by atoms with Crippen LogP contribution in [0.4, 0.5) is 11.4 Å². The van der Waals surface area contributed by atoms with Gasteiger partial charge in [-0.25, -0.2) is 0 Å². The molecule has 7 aromatic carbocycles. The van der Waals surface area contributed by atoms with E-state index in [1.807, 2.05) is 0 Å². The van der Waals surface area contributed by atoms with Crippen LogP contribution in [-0.4, -0.2) is 15.9 Å². The van der Waals surface area contributed by atoms with Crippen molar-refractivity contribution >= 4 is 72.8 Å². The Kier molecular flexibility index (Phi) is 5.13. The average Bonchev–Trinajstić information content (AvgIpc) is 3.78. The van der Waals surface area contributed by atoms with Crippen LogP contribution in [0.1, 0.15) is 25.0 Å². The van der Waals surface area contributed by atoms with E-state index >= 15 is 0 Å². The van der Waals surface area contributed by atoms with E-state index < -0.39 is 0 Å². The Morgan fingerprint density at radius 1 is 0.510 bits per heavy atom. The lowest BCUT2D eigenvalue weighted by molar-refractivity contribution is 0.625. The monoisotopic (exact) mass is 649 g/mol. The Morgan fingerprint density at radius 2 is 1.16 bits per heavy atom. The molecule has 4 heteroatoms. The largest absolute Gasteiger partial charge is 0.375 e. The molecule has 0 saturated heterocycles. The maximum absolute atomic E-state index is 2.72. The number of hydrogen-bond acceptors (Lipinski definition) is 1. The summed E-state index contributed by atoms with van der Waals surface area (Å²) in [5.41, 5.74) is 18.1. The second-order valence-corrected chi connectivity index (χ2v) is 14.9. The van der Waals surface area contributed by atoms with Gasteiger partial charge in [0.2, 0.25) is 0 Å². The summed E-state index contributed by atoms with van der Waals surface area (Å²) in [6.45, 7) is 4.85. The van der Waals surface area contributed by atoms with E-state index in [1.165, 1.54) is 99.6 Å². The molecule has 0 spiro atoms. The lowest BCUT2D eigenvalue weighted by Crippen LogP contribution is -2.50. The van der Waals surface area contributed by atoms with Crippen LogP contribution in [0.25, 0.3) is 65.9 Å². The molecule has 2 aliphatic heterocycles. The van der Waals surface area contributed by atoms with E-state index in [9.17, 15) is 0 Å². The molecule has 51 heavy (non-hydrogen) atoms.